The summed E-state index contributed by atoms with van der Waals surface area (Å²) in [7, 11) is 0. The van der Waals surface area contributed by atoms with Gasteiger partial charge in [0.25, 0.3) is 0 Å². The average Bonchev–Trinajstić information content (AvgIpc) is 2.39. The fourth-order valence-corrected chi connectivity index (χ4v) is 1.00. The smallest absolute Gasteiger partial charge is 0.0982 e. The molecular weight excluding hydrogens is 160 g/mol. The maximum absolute atomic E-state index is 9.11. The van der Waals surface area contributed by atoms with Crippen LogP contribution in [-0.2, 0) is 0 Å². The maximum Gasteiger partial charge on any atom is 0.0982 e. The van der Waals surface area contributed by atoms with Crippen molar-refractivity contribution < 1.29 is 5.11 Å². The second-order valence-corrected chi connectivity index (χ2v) is 3.00. The molecule has 4 heteroatoms. The Bertz CT molecular complexity index is 241. The molecule has 1 heterocycles. The molecule has 60 valence electrons. The van der Waals surface area contributed by atoms with Gasteiger partial charge in [0.2, 0.25) is 0 Å². The van der Waals surface area contributed by atoms with Gasteiger partial charge in [0, 0.05) is 5.38 Å². The number of rotatable bonds is 2. The van der Waals surface area contributed by atoms with E-state index in [-0.39, 0.29) is 0 Å². The first-order valence-corrected chi connectivity index (χ1v) is 4.17. The zero-order valence-corrected chi connectivity index (χ0v) is 7.30. The Balaban J connectivity index is 2.74. The minimum Gasteiger partial charge on any atom is -0.389 e. The zero-order chi connectivity index (χ0) is 8.27. The monoisotopic (exact) mass is 170 g/mol. The predicted octanol–water partition coefficient (Wildman–Crippen LogP) is 1.32. The molecule has 1 atom stereocenters. The van der Waals surface area contributed by atoms with Crippen molar-refractivity contribution in [1.82, 2.24) is 9.59 Å². The van der Waals surface area contributed by atoms with E-state index in [1.54, 1.807) is 6.92 Å². The molecule has 1 unspecified atom stereocenters. The van der Waals surface area contributed by atoms with E-state index in [4.69, 9.17) is 5.11 Å². The fraction of sp³-hybridized carbons (Fsp3) is 0.429. The van der Waals surface area contributed by atoms with E-state index in [1.807, 2.05) is 18.4 Å². The first kappa shape index (κ1) is 8.36. The van der Waals surface area contributed by atoms with Gasteiger partial charge in [-0.2, -0.15) is 0 Å². The third-order valence-corrected chi connectivity index (χ3v) is 1.93. The highest BCUT2D eigenvalue weighted by Crippen LogP contribution is 2.07. The molecule has 0 radical (unpaired) electrons. The number of hydrogen-bond acceptors (Lipinski definition) is 4. The van der Waals surface area contributed by atoms with Gasteiger partial charge in [-0.15, -0.1) is 5.10 Å². The number of aliphatic hydroxyl groups excluding tert-OH is 1. The molecule has 3 nitrogen and oxygen atoms in total. The van der Waals surface area contributed by atoms with Crippen LogP contribution in [0.25, 0.3) is 6.08 Å². The lowest BCUT2D eigenvalue weighted by atomic mass is 10.2. The van der Waals surface area contributed by atoms with E-state index >= 15 is 0 Å². The lowest BCUT2D eigenvalue weighted by molar-refractivity contribution is 0.232. The number of nitrogens with zero attached hydrogens (tertiary/aromatic N) is 2. The van der Waals surface area contributed by atoms with Gasteiger partial charge in [0.15, 0.2) is 0 Å². The largest absolute Gasteiger partial charge is 0.389 e. The molecule has 1 rings (SSSR count). The second kappa shape index (κ2) is 3.59. The summed E-state index contributed by atoms with van der Waals surface area (Å²) in [5.41, 5.74) is 1.71. The van der Waals surface area contributed by atoms with Gasteiger partial charge in [0.05, 0.1) is 11.8 Å². The average molecular weight is 170 g/mol. The number of aromatic nitrogens is 2. The zero-order valence-electron chi connectivity index (χ0n) is 6.48. The van der Waals surface area contributed by atoms with Crippen molar-refractivity contribution in [3.63, 3.8) is 0 Å². The Morgan fingerprint density at radius 3 is 3.00 bits per heavy atom. The quantitative estimate of drug-likeness (QED) is 0.728. The molecule has 1 N–H and O–H groups in total. The summed E-state index contributed by atoms with van der Waals surface area (Å²) >= 11 is 1.31. The molecule has 0 saturated heterocycles. The minimum absolute atomic E-state index is 0.406. The summed E-state index contributed by atoms with van der Waals surface area (Å²) in [5, 5.41) is 14.8. The Hall–Kier alpha value is -0.740. The standard InChI is InChI=1S/C7H10N2OS/c1-5(6(2)10)3-7-4-11-9-8-7/h3-4,6,10H,1-2H3/b5-3+. The van der Waals surface area contributed by atoms with Gasteiger partial charge in [-0.05, 0) is 37.0 Å². The summed E-state index contributed by atoms with van der Waals surface area (Å²) in [6.07, 6.45) is 1.42. The molecule has 0 amide bonds. The molecule has 0 aliphatic rings. The Labute approximate surface area is 69.5 Å². The predicted molar refractivity (Wildman–Crippen MR) is 45.2 cm³/mol. The molecular formula is C7H10N2OS. The van der Waals surface area contributed by atoms with Crippen molar-refractivity contribution >= 4 is 17.6 Å². The summed E-state index contributed by atoms with van der Waals surface area (Å²) in [5.74, 6) is 0. The van der Waals surface area contributed by atoms with Crippen LogP contribution in [0.4, 0.5) is 0 Å². The summed E-state index contributed by atoms with van der Waals surface area (Å²) in [6.45, 7) is 3.59. The van der Waals surface area contributed by atoms with Crippen molar-refractivity contribution in [3.05, 3.63) is 16.6 Å². The maximum atomic E-state index is 9.11. The van der Waals surface area contributed by atoms with Gasteiger partial charge in [-0.1, -0.05) is 4.49 Å². The third kappa shape index (κ3) is 2.40. The first-order valence-electron chi connectivity index (χ1n) is 3.33. The molecule has 0 saturated carbocycles. The van der Waals surface area contributed by atoms with E-state index in [0.29, 0.717) is 0 Å². The third-order valence-electron chi connectivity index (χ3n) is 1.41. The minimum atomic E-state index is -0.406. The highest BCUT2D eigenvalue weighted by atomic mass is 32.1. The highest BCUT2D eigenvalue weighted by molar-refractivity contribution is 7.03. The van der Waals surface area contributed by atoms with Gasteiger partial charge in [-0.3, -0.25) is 0 Å². The molecule has 0 aromatic carbocycles. The van der Waals surface area contributed by atoms with Gasteiger partial charge in [0.1, 0.15) is 0 Å². The lowest BCUT2D eigenvalue weighted by Crippen LogP contribution is -2.00. The Kier molecular flexibility index (Phi) is 2.73. The SMILES string of the molecule is C/C(=C\c1csnn1)C(C)O. The van der Waals surface area contributed by atoms with Crippen LogP contribution < -0.4 is 0 Å². The van der Waals surface area contributed by atoms with Crippen LogP contribution in [0.5, 0.6) is 0 Å². The van der Waals surface area contributed by atoms with Gasteiger partial charge < -0.3 is 5.11 Å². The first-order chi connectivity index (χ1) is 5.20. The van der Waals surface area contributed by atoms with Crippen LogP contribution in [0.2, 0.25) is 0 Å². The molecule has 0 aliphatic heterocycles. The van der Waals surface area contributed by atoms with E-state index in [2.05, 4.69) is 9.59 Å². The van der Waals surface area contributed by atoms with E-state index in [0.717, 1.165) is 11.3 Å². The van der Waals surface area contributed by atoms with E-state index in [9.17, 15) is 0 Å². The van der Waals surface area contributed by atoms with Crippen LogP contribution in [0.3, 0.4) is 0 Å². The fourth-order valence-electron chi connectivity index (χ4n) is 0.589. The van der Waals surface area contributed by atoms with E-state index in [1.165, 1.54) is 11.5 Å². The topological polar surface area (TPSA) is 46.0 Å². The molecule has 1 aromatic heterocycles. The molecule has 0 spiro atoms. The van der Waals surface area contributed by atoms with E-state index < -0.39 is 6.10 Å². The lowest BCUT2D eigenvalue weighted by Gasteiger charge is -2.01. The van der Waals surface area contributed by atoms with Gasteiger partial charge >= 0.3 is 0 Å². The summed E-state index contributed by atoms with van der Waals surface area (Å²) in [6, 6.07) is 0. The molecule has 0 aliphatic carbocycles. The summed E-state index contributed by atoms with van der Waals surface area (Å²) < 4.78 is 3.70. The van der Waals surface area contributed by atoms with Crippen LogP contribution in [0, 0.1) is 0 Å². The second-order valence-electron chi connectivity index (χ2n) is 2.39. The number of hydrogen-bond donors (Lipinski definition) is 1. The van der Waals surface area contributed by atoms with Crippen molar-refractivity contribution in [3.8, 4) is 0 Å². The van der Waals surface area contributed by atoms with Crippen molar-refractivity contribution in [2.24, 2.45) is 0 Å². The van der Waals surface area contributed by atoms with Crippen LogP contribution >= 0.6 is 11.5 Å². The summed E-state index contributed by atoms with van der Waals surface area (Å²) in [4.78, 5) is 0. The van der Waals surface area contributed by atoms with Gasteiger partial charge in [-0.25, -0.2) is 0 Å². The van der Waals surface area contributed by atoms with Crippen LogP contribution in [0.15, 0.2) is 11.0 Å². The van der Waals surface area contributed by atoms with Crippen molar-refractivity contribution in [2.75, 3.05) is 0 Å². The normalized spacial score (nSPS) is 15.0. The van der Waals surface area contributed by atoms with Crippen LogP contribution in [-0.4, -0.2) is 20.8 Å². The Morgan fingerprint density at radius 1 is 1.82 bits per heavy atom. The number of aliphatic hydroxyl groups is 1. The molecule has 11 heavy (non-hydrogen) atoms. The molecule has 0 fully saturated rings. The van der Waals surface area contributed by atoms with Crippen molar-refractivity contribution in [2.45, 2.75) is 20.0 Å². The van der Waals surface area contributed by atoms with Crippen LogP contribution in [0.1, 0.15) is 19.5 Å². The molecule has 0 bridgehead atoms. The molecule has 1 aromatic rings. The Morgan fingerprint density at radius 2 is 2.55 bits per heavy atom. The van der Waals surface area contributed by atoms with Crippen molar-refractivity contribution in [1.29, 1.82) is 0 Å². The highest BCUT2D eigenvalue weighted by Gasteiger charge is 1.98.